The Bertz CT molecular complexity index is 1120. The van der Waals surface area contributed by atoms with Gasteiger partial charge in [0.05, 0.1) is 11.7 Å². The molecule has 0 saturated carbocycles. The lowest BCUT2D eigenvalue weighted by Gasteiger charge is -2.32. The van der Waals surface area contributed by atoms with E-state index in [0.717, 1.165) is 29.3 Å². The second-order valence-corrected chi connectivity index (χ2v) is 8.95. The molecular weight excluding hydrogens is 412 g/mol. The Balaban J connectivity index is 1.45. The van der Waals surface area contributed by atoms with Crippen LogP contribution in [-0.4, -0.2) is 62.6 Å². The number of nitrogens with zero attached hydrogens (tertiary/aromatic N) is 5. The van der Waals surface area contributed by atoms with Crippen molar-refractivity contribution in [2.75, 3.05) is 20.1 Å². The molecule has 0 spiro atoms. The number of nitrogens with one attached hydrogen (secondary N) is 1. The molecule has 4 rings (SSSR count). The molecule has 1 fully saturated rings. The predicted molar refractivity (Wildman–Crippen MR) is 117 cm³/mol. The van der Waals surface area contributed by atoms with Gasteiger partial charge in [0.25, 0.3) is 0 Å². The normalized spacial score (nSPS) is 15.2. The Labute approximate surface area is 185 Å². The summed E-state index contributed by atoms with van der Waals surface area (Å²) in [7, 11) is 1.60. The maximum atomic E-state index is 12.3. The summed E-state index contributed by atoms with van der Waals surface area (Å²) < 4.78 is 12.7. The number of ether oxygens (including phenoxy) is 1. The molecule has 0 atom stereocenters. The Kier molecular flexibility index (Phi) is 5.86. The molecule has 0 bridgehead atoms. The molecule has 0 unspecified atom stereocenters. The lowest BCUT2D eigenvalue weighted by atomic mass is 9.97. The summed E-state index contributed by atoms with van der Waals surface area (Å²) in [6, 6.07) is 5.74. The van der Waals surface area contributed by atoms with Crippen LogP contribution < -0.4 is 5.32 Å². The van der Waals surface area contributed by atoms with Gasteiger partial charge in [0, 0.05) is 37.0 Å². The Morgan fingerprint density at radius 2 is 2.00 bits per heavy atom. The van der Waals surface area contributed by atoms with Crippen LogP contribution in [0.15, 0.2) is 28.9 Å². The monoisotopic (exact) mass is 440 g/mol. The molecule has 170 valence electrons. The second kappa shape index (κ2) is 8.60. The zero-order valence-electron chi connectivity index (χ0n) is 18.8. The van der Waals surface area contributed by atoms with Gasteiger partial charge in [0.2, 0.25) is 17.6 Å². The van der Waals surface area contributed by atoms with Crippen molar-refractivity contribution < 1.29 is 18.8 Å². The fraction of sp³-hybridized carbons (Fsp3) is 0.500. The van der Waals surface area contributed by atoms with E-state index < -0.39 is 5.60 Å². The number of carbonyl (C=O) groups is 2. The van der Waals surface area contributed by atoms with Crippen LogP contribution in [0, 0.1) is 0 Å². The number of aromatic nitrogens is 4. The van der Waals surface area contributed by atoms with Crippen molar-refractivity contribution >= 4 is 22.9 Å². The third kappa shape index (κ3) is 4.74. The first-order valence-electron chi connectivity index (χ1n) is 10.7. The standard InChI is InChI=1S/C22H28N6O4/c1-22(2,3)31-21(30)27-9-7-14(8-10-27)20-25-19(26-32-20)15-5-6-16-12-24-28(17(16)11-15)13-18(29)23-4/h5-6,11-12,14H,7-10,13H2,1-4H3,(H,23,29). The number of benzene rings is 1. The molecule has 3 heterocycles. The maximum absolute atomic E-state index is 12.3. The summed E-state index contributed by atoms with van der Waals surface area (Å²) in [4.78, 5) is 30.3. The van der Waals surface area contributed by atoms with Gasteiger partial charge in [-0.15, -0.1) is 0 Å². The molecule has 32 heavy (non-hydrogen) atoms. The highest BCUT2D eigenvalue weighted by Gasteiger charge is 2.30. The van der Waals surface area contributed by atoms with Gasteiger partial charge in [-0.2, -0.15) is 10.1 Å². The summed E-state index contributed by atoms with van der Waals surface area (Å²) in [6.07, 6.45) is 2.91. The van der Waals surface area contributed by atoms with Gasteiger partial charge in [-0.05, 0) is 39.7 Å². The van der Waals surface area contributed by atoms with E-state index in [-0.39, 0.29) is 24.5 Å². The van der Waals surface area contributed by atoms with Crippen molar-refractivity contribution in [3.05, 3.63) is 30.3 Å². The topological polar surface area (TPSA) is 115 Å². The van der Waals surface area contributed by atoms with Crippen LogP contribution in [0.5, 0.6) is 0 Å². The van der Waals surface area contributed by atoms with Crippen molar-refractivity contribution in [2.45, 2.75) is 51.7 Å². The third-order valence-corrected chi connectivity index (χ3v) is 5.41. The molecule has 10 heteroatoms. The van der Waals surface area contributed by atoms with E-state index in [1.54, 1.807) is 22.8 Å². The highest BCUT2D eigenvalue weighted by atomic mass is 16.6. The average Bonchev–Trinajstić information content (AvgIpc) is 3.40. The molecule has 0 radical (unpaired) electrons. The van der Waals surface area contributed by atoms with Crippen LogP contribution in [0.1, 0.15) is 45.4 Å². The first-order chi connectivity index (χ1) is 15.2. The van der Waals surface area contributed by atoms with Crippen LogP contribution >= 0.6 is 0 Å². The van der Waals surface area contributed by atoms with Gasteiger partial charge in [-0.25, -0.2) is 4.79 Å². The van der Waals surface area contributed by atoms with E-state index in [1.165, 1.54) is 0 Å². The summed E-state index contributed by atoms with van der Waals surface area (Å²) >= 11 is 0. The number of carbonyl (C=O) groups excluding carboxylic acids is 2. The minimum atomic E-state index is -0.508. The molecule has 2 amide bonds. The predicted octanol–water partition coefficient (Wildman–Crippen LogP) is 2.95. The first-order valence-corrected chi connectivity index (χ1v) is 10.7. The largest absolute Gasteiger partial charge is 0.444 e. The van der Waals surface area contributed by atoms with Crippen molar-refractivity contribution in [1.29, 1.82) is 0 Å². The van der Waals surface area contributed by atoms with E-state index in [4.69, 9.17) is 9.26 Å². The molecule has 2 aromatic heterocycles. The fourth-order valence-electron chi connectivity index (χ4n) is 3.70. The Hall–Kier alpha value is -3.43. The third-order valence-electron chi connectivity index (χ3n) is 5.41. The van der Waals surface area contributed by atoms with E-state index in [9.17, 15) is 9.59 Å². The molecular formula is C22H28N6O4. The van der Waals surface area contributed by atoms with Gasteiger partial charge in [0.15, 0.2) is 0 Å². The van der Waals surface area contributed by atoms with Crippen LogP contribution in [0.2, 0.25) is 0 Å². The number of hydrogen-bond donors (Lipinski definition) is 1. The van der Waals surface area contributed by atoms with Gasteiger partial charge in [0.1, 0.15) is 12.1 Å². The summed E-state index contributed by atoms with van der Waals surface area (Å²) in [5.74, 6) is 1.03. The number of rotatable bonds is 4. The number of hydrogen-bond acceptors (Lipinski definition) is 7. The first kappa shape index (κ1) is 21.8. The highest BCUT2D eigenvalue weighted by Crippen LogP contribution is 2.30. The maximum Gasteiger partial charge on any atom is 0.410 e. The van der Waals surface area contributed by atoms with Gasteiger partial charge >= 0.3 is 6.09 Å². The zero-order valence-corrected chi connectivity index (χ0v) is 18.8. The SMILES string of the molecule is CNC(=O)Cn1ncc2ccc(-c3noc(C4CCN(C(=O)OC(C)(C)C)CC4)n3)cc21. The summed E-state index contributed by atoms with van der Waals surface area (Å²) in [5, 5.41) is 12.0. The smallest absolute Gasteiger partial charge is 0.410 e. The summed E-state index contributed by atoms with van der Waals surface area (Å²) in [5.41, 5.74) is 1.10. The fourth-order valence-corrected chi connectivity index (χ4v) is 3.70. The number of amides is 2. The molecule has 10 nitrogen and oxygen atoms in total. The minimum Gasteiger partial charge on any atom is -0.444 e. The van der Waals surface area contributed by atoms with Crippen LogP contribution in [0.4, 0.5) is 4.79 Å². The number of fused-ring (bicyclic) bond motifs is 1. The van der Waals surface area contributed by atoms with Crippen molar-refractivity contribution in [1.82, 2.24) is 30.1 Å². The van der Waals surface area contributed by atoms with E-state index >= 15 is 0 Å². The number of likely N-dealkylation sites (N-methyl/N-ethyl adjacent to an activating group) is 1. The lowest BCUT2D eigenvalue weighted by molar-refractivity contribution is -0.121. The van der Waals surface area contributed by atoms with E-state index in [2.05, 4.69) is 20.6 Å². The molecule has 1 aliphatic rings. The molecule has 1 saturated heterocycles. The van der Waals surface area contributed by atoms with Gasteiger partial charge in [-0.1, -0.05) is 17.3 Å². The van der Waals surface area contributed by atoms with Gasteiger partial charge in [-0.3, -0.25) is 9.48 Å². The Morgan fingerprint density at radius 1 is 1.25 bits per heavy atom. The zero-order chi connectivity index (χ0) is 22.9. The minimum absolute atomic E-state index is 0.0949. The highest BCUT2D eigenvalue weighted by molar-refractivity contribution is 5.85. The average molecular weight is 441 g/mol. The van der Waals surface area contributed by atoms with Crippen molar-refractivity contribution in [2.24, 2.45) is 0 Å². The number of likely N-dealkylation sites (tertiary alicyclic amines) is 1. The number of piperidine rings is 1. The molecule has 3 aromatic rings. The molecule has 0 aliphatic carbocycles. The Morgan fingerprint density at radius 3 is 2.69 bits per heavy atom. The second-order valence-electron chi connectivity index (χ2n) is 8.95. The van der Waals surface area contributed by atoms with Crippen LogP contribution in [-0.2, 0) is 16.1 Å². The lowest BCUT2D eigenvalue weighted by Crippen LogP contribution is -2.41. The van der Waals surface area contributed by atoms with E-state index in [0.29, 0.717) is 24.8 Å². The van der Waals surface area contributed by atoms with Crippen LogP contribution in [0.25, 0.3) is 22.3 Å². The van der Waals surface area contributed by atoms with Crippen molar-refractivity contribution in [3.8, 4) is 11.4 Å². The van der Waals surface area contributed by atoms with Crippen LogP contribution in [0.3, 0.4) is 0 Å². The quantitative estimate of drug-likeness (QED) is 0.663. The molecule has 1 aliphatic heterocycles. The molecule has 1 N–H and O–H groups in total. The summed E-state index contributed by atoms with van der Waals surface area (Å²) in [6.45, 7) is 6.89. The van der Waals surface area contributed by atoms with Gasteiger partial charge < -0.3 is 19.5 Å². The molecule has 1 aromatic carbocycles. The van der Waals surface area contributed by atoms with Crippen molar-refractivity contribution in [3.63, 3.8) is 0 Å². The van der Waals surface area contributed by atoms with E-state index in [1.807, 2.05) is 39.0 Å².